The molecule has 0 spiro atoms. The average Bonchev–Trinajstić information content (AvgIpc) is 3.85. The minimum Gasteiger partial charge on any atom is -0.462 e. The van der Waals surface area contributed by atoms with E-state index in [0.717, 1.165) is 57.1 Å². The second kappa shape index (κ2) is 33.1. The Morgan fingerprint density at radius 2 is 1.23 bits per heavy atom. The summed E-state index contributed by atoms with van der Waals surface area (Å²) in [6.45, 7) is 0.958. The van der Waals surface area contributed by atoms with E-state index in [9.17, 15) is 72.7 Å². The van der Waals surface area contributed by atoms with Crippen molar-refractivity contribution in [2.45, 2.75) is 208 Å². The normalized spacial score (nSPS) is 25.8. The topological polar surface area (TPSA) is 373 Å². The van der Waals surface area contributed by atoms with Gasteiger partial charge in [0.25, 0.3) is 0 Å². The molecule has 0 bridgehead atoms. The summed E-state index contributed by atoms with van der Waals surface area (Å²) in [6, 6.07) is 0.112. The molecule has 1 aliphatic carbocycles. The van der Waals surface area contributed by atoms with Crippen LogP contribution in [-0.2, 0) is 55.6 Å². The number of unbranched alkanes of at least 4 members (excludes halogenated alkanes) is 14. The van der Waals surface area contributed by atoms with Gasteiger partial charge in [-0.25, -0.2) is 18.5 Å². The zero-order valence-electron chi connectivity index (χ0n) is 40.4. The van der Waals surface area contributed by atoms with E-state index in [4.69, 9.17) is 18.5 Å². The van der Waals surface area contributed by atoms with Gasteiger partial charge in [-0.2, -0.15) is 11.8 Å². The van der Waals surface area contributed by atoms with Gasteiger partial charge in [-0.3, -0.25) is 32.5 Å². The Bertz CT molecular complexity index is 1790. The number of hydrogen-bond donors (Lipinski definition) is 11. The van der Waals surface area contributed by atoms with Crippen molar-refractivity contribution in [3.8, 4) is 0 Å². The number of phosphoric acid groups is 3. The van der Waals surface area contributed by atoms with Gasteiger partial charge in [0.15, 0.2) is 6.10 Å². The maximum atomic E-state index is 13.1. The van der Waals surface area contributed by atoms with Gasteiger partial charge >= 0.3 is 41.4 Å². The molecule has 11 atom stereocenters. The monoisotopic (exact) mass is 1100 g/mol. The number of rotatable bonds is 38. The second-order valence-electron chi connectivity index (χ2n) is 18.1. The number of allylic oxidation sites excluding steroid dienone is 2. The van der Waals surface area contributed by atoms with E-state index in [-0.39, 0.29) is 36.9 Å². The minimum atomic E-state index is -5.63. The molecule has 3 aliphatic rings. The number of ether oxygens (including phenoxy) is 2. The van der Waals surface area contributed by atoms with E-state index in [1.165, 1.54) is 38.5 Å². The van der Waals surface area contributed by atoms with Crippen molar-refractivity contribution < 1.29 is 100 Å². The number of carbonyl (C=O) groups is 4. The fraction of sp³-hybridized carbons (Fsp3) is 0.860. The number of esters is 2. The molecule has 1 saturated carbocycles. The van der Waals surface area contributed by atoms with Gasteiger partial charge in [-0.15, -0.1) is 0 Å². The van der Waals surface area contributed by atoms with E-state index >= 15 is 0 Å². The molecule has 3 fully saturated rings. The number of thioether (sulfide) groups is 1. The summed E-state index contributed by atoms with van der Waals surface area (Å²) in [5.74, 6) is -0.696. The highest BCUT2D eigenvalue weighted by molar-refractivity contribution is 8.00. The average molecular weight is 1100 g/mol. The number of amides is 3. The largest absolute Gasteiger partial charge is 0.472 e. The van der Waals surface area contributed by atoms with Crippen LogP contribution in [0.3, 0.4) is 0 Å². The number of aliphatic hydroxyl groups excluding tert-OH is 3. The summed E-state index contributed by atoms with van der Waals surface area (Å²) < 4.78 is 65.4. The van der Waals surface area contributed by atoms with Gasteiger partial charge < -0.3 is 65.2 Å². The Hall–Kier alpha value is -2.02. The first kappa shape index (κ1) is 63.3. The van der Waals surface area contributed by atoms with Crippen LogP contribution in [0.15, 0.2) is 12.2 Å². The zero-order valence-corrected chi connectivity index (χ0v) is 43.9. The standard InChI is InChI=1S/C43H78N3O21P3S/c1-2-3-4-5-6-7-8-9-10-11-12-13-14-15-17-24-34(48)62-27-30(28-63-70(60,61)67-40-37(50)38(51)41(65-68(54,55)56)42(39(40)52)66-69(57,58)59)64-35(49)25-18-16-21-26-44-33(47)23-20-19-22-32-36-31(29-71-32)45-43(53)46-36/h9-10,30-32,36-42,50-52H,2-8,11-29H2,1H3,(H,44,47)(H,60,61)(H2,45,46,53)(H2,54,55,56)(H2,57,58,59)/b10-9-/t30-,31+,32+,36+,37-,38+,39+,40-,41-,42-/m1/s1. The van der Waals surface area contributed by atoms with Crippen LogP contribution in [0.2, 0.25) is 0 Å². The lowest BCUT2D eigenvalue weighted by Crippen LogP contribution is -2.65. The highest BCUT2D eigenvalue weighted by Crippen LogP contribution is 2.51. The predicted molar refractivity (Wildman–Crippen MR) is 258 cm³/mol. The first-order valence-electron chi connectivity index (χ1n) is 24.7. The number of carbonyl (C=O) groups excluding carboxylic acids is 4. The van der Waals surface area contributed by atoms with Gasteiger partial charge in [-0.05, 0) is 57.8 Å². The Labute approximate surface area is 419 Å². The Kier molecular flexibility index (Phi) is 29.5. The molecule has 0 aromatic carbocycles. The van der Waals surface area contributed by atoms with Crippen molar-refractivity contribution >= 4 is 59.1 Å². The van der Waals surface area contributed by atoms with Crippen LogP contribution >= 0.6 is 35.2 Å². The fourth-order valence-electron chi connectivity index (χ4n) is 8.33. The summed E-state index contributed by atoms with van der Waals surface area (Å²) in [4.78, 5) is 97.3. The second-order valence-corrected chi connectivity index (χ2v) is 23.1. The van der Waals surface area contributed by atoms with Crippen molar-refractivity contribution in [1.29, 1.82) is 0 Å². The molecule has 1 unspecified atom stereocenters. The predicted octanol–water partition coefficient (Wildman–Crippen LogP) is 4.44. The highest BCUT2D eigenvalue weighted by atomic mass is 32.2. The minimum absolute atomic E-state index is 0.0292. The quantitative estimate of drug-likeness (QED) is 0.0134. The Balaban J connectivity index is 1.45. The molecule has 2 aliphatic heterocycles. The molecule has 412 valence electrons. The van der Waals surface area contributed by atoms with Crippen LogP contribution in [0.5, 0.6) is 0 Å². The van der Waals surface area contributed by atoms with Crippen LogP contribution in [0.4, 0.5) is 4.79 Å². The molecular formula is C43H78N3O21P3S. The van der Waals surface area contributed by atoms with Crippen LogP contribution in [-0.4, -0.2) is 149 Å². The molecular weight excluding hydrogens is 1020 g/mol. The molecule has 2 saturated heterocycles. The summed E-state index contributed by atoms with van der Waals surface area (Å²) >= 11 is 1.82. The highest BCUT2D eigenvalue weighted by Gasteiger charge is 2.56. The third kappa shape index (κ3) is 26.3. The zero-order chi connectivity index (χ0) is 52.5. The van der Waals surface area contributed by atoms with Crippen molar-refractivity contribution in [1.82, 2.24) is 16.0 Å². The summed E-state index contributed by atoms with van der Waals surface area (Å²) in [5, 5.41) is 40.9. The maximum absolute atomic E-state index is 13.1. The number of nitrogens with one attached hydrogen (secondary N) is 3. The summed E-state index contributed by atoms with van der Waals surface area (Å²) in [7, 11) is -16.7. The fourth-order valence-corrected chi connectivity index (χ4v) is 12.0. The van der Waals surface area contributed by atoms with Gasteiger partial charge in [-0.1, -0.05) is 83.3 Å². The summed E-state index contributed by atoms with van der Waals surface area (Å²) in [5.41, 5.74) is 0. The third-order valence-corrected chi connectivity index (χ3v) is 15.6. The molecule has 0 aromatic rings. The van der Waals surface area contributed by atoms with E-state index in [2.05, 4.69) is 44.1 Å². The van der Waals surface area contributed by atoms with Crippen molar-refractivity contribution in [3.63, 3.8) is 0 Å². The van der Waals surface area contributed by atoms with E-state index < -0.39 is 91.3 Å². The van der Waals surface area contributed by atoms with Crippen molar-refractivity contribution in [3.05, 3.63) is 12.2 Å². The molecule has 28 heteroatoms. The third-order valence-electron chi connectivity index (χ3n) is 12.0. The Morgan fingerprint density at radius 3 is 1.86 bits per heavy atom. The molecule has 3 rings (SSSR count). The Morgan fingerprint density at radius 1 is 0.676 bits per heavy atom. The molecule has 11 N–H and O–H groups in total. The van der Waals surface area contributed by atoms with Crippen LogP contribution < -0.4 is 16.0 Å². The van der Waals surface area contributed by atoms with Crippen molar-refractivity contribution in [2.75, 3.05) is 25.5 Å². The SMILES string of the molecule is CCCCCCCC/C=C\CCCCCCCC(=O)OC[C@H](COP(=O)(O)O[C@@H]1[C@H](O)[C@H](O)[C@@H](OP(=O)(O)O)[C@H](OP(=O)(O)O)[C@H]1O)OC(=O)CCCCCNC(=O)CCCC[C@@H]1SC[C@@H]2NC(=O)N[C@@H]21. The lowest BCUT2D eigenvalue weighted by Gasteiger charge is -2.44. The van der Waals surface area contributed by atoms with Gasteiger partial charge in [0.05, 0.1) is 18.7 Å². The first-order valence-corrected chi connectivity index (χ1v) is 30.3. The van der Waals surface area contributed by atoms with Crippen molar-refractivity contribution in [2.24, 2.45) is 0 Å². The molecule has 0 radical (unpaired) electrons. The van der Waals surface area contributed by atoms with Gasteiger partial charge in [0.2, 0.25) is 5.91 Å². The van der Waals surface area contributed by atoms with Gasteiger partial charge in [0, 0.05) is 36.8 Å². The van der Waals surface area contributed by atoms with E-state index in [1.807, 2.05) is 11.8 Å². The number of phosphoric ester groups is 3. The van der Waals surface area contributed by atoms with Crippen LogP contribution in [0, 0.1) is 0 Å². The molecule has 71 heavy (non-hydrogen) atoms. The lowest BCUT2D eigenvalue weighted by molar-refractivity contribution is -0.213. The maximum Gasteiger partial charge on any atom is 0.472 e. The van der Waals surface area contributed by atoms with E-state index in [0.29, 0.717) is 50.3 Å². The molecule has 2 heterocycles. The molecule has 0 aromatic heterocycles. The lowest BCUT2D eigenvalue weighted by atomic mass is 9.85. The molecule has 3 amide bonds. The van der Waals surface area contributed by atoms with Crippen LogP contribution in [0.1, 0.15) is 148 Å². The smallest absolute Gasteiger partial charge is 0.462 e. The van der Waals surface area contributed by atoms with Gasteiger partial charge in [0.1, 0.15) is 43.2 Å². The number of hydrogen-bond acceptors (Lipinski definition) is 17. The number of fused-ring (bicyclic) bond motifs is 1. The van der Waals surface area contributed by atoms with Crippen LogP contribution in [0.25, 0.3) is 0 Å². The molecule has 24 nitrogen and oxygen atoms in total. The summed E-state index contributed by atoms with van der Waals surface area (Å²) in [6.07, 6.45) is 5.62. The number of aliphatic hydroxyl groups is 3. The van der Waals surface area contributed by atoms with E-state index in [1.54, 1.807) is 0 Å². The first-order chi connectivity index (χ1) is 33.6. The number of urea groups is 1.